The van der Waals surface area contributed by atoms with Crippen molar-refractivity contribution < 1.29 is 11.3 Å². The first-order valence-corrected chi connectivity index (χ1v) is 15.9. The van der Waals surface area contributed by atoms with Crippen LogP contribution in [-0.4, -0.2) is 15.0 Å². The smallest absolute Gasteiger partial charge is 0.164 e. The number of nitrogens with zero attached hydrogens (tertiary/aromatic N) is 3. The lowest BCUT2D eigenvalue weighted by Crippen LogP contribution is -2.00. The van der Waals surface area contributed by atoms with E-state index in [1.54, 1.807) is 0 Å². The normalized spacial score (nSPS) is 12.7. The Morgan fingerprint density at radius 3 is 1.53 bits per heavy atom. The van der Waals surface area contributed by atoms with Crippen LogP contribution >= 0.6 is 0 Å². The van der Waals surface area contributed by atoms with Gasteiger partial charge in [-0.25, -0.2) is 15.0 Å². The van der Waals surface area contributed by atoms with Crippen molar-refractivity contribution in [2.24, 2.45) is 0 Å². The topological polar surface area (TPSA) is 51.8 Å². The highest BCUT2D eigenvalue weighted by atomic mass is 16.3. The van der Waals surface area contributed by atoms with Crippen molar-refractivity contribution in [2.75, 3.05) is 0 Å². The SMILES string of the molecule is [2H]c1c([2H])c([2H])c(-c2nc(-c3ccccc3)nc(-c3cccc4oc5cc(-c6ccc(-c7ccc(-c8ccccc8)cc7)cc6)ccc5c34)n2)c([2H])c1[2H]. The van der Waals surface area contributed by atoms with Crippen molar-refractivity contribution in [1.82, 2.24) is 15.0 Å². The molecule has 2 heterocycles. The first-order chi connectivity index (χ1) is 26.3. The highest BCUT2D eigenvalue weighted by Crippen LogP contribution is 2.38. The number of benzene rings is 7. The molecule has 0 aliphatic carbocycles. The second-order valence-electron chi connectivity index (χ2n) is 11.7. The molecule has 9 rings (SSSR count). The second kappa shape index (κ2) is 12.2. The Balaban J connectivity index is 1.11. The van der Waals surface area contributed by atoms with Gasteiger partial charge in [0, 0.05) is 27.5 Å². The minimum absolute atomic E-state index is 0.0153. The number of fused-ring (bicyclic) bond motifs is 3. The van der Waals surface area contributed by atoms with Gasteiger partial charge in [-0.05, 0) is 51.6 Å². The van der Waals surface area contributed by atoms with Gasteiger partial charge in [0.15, 0.2) is 17.5 Å². The van der Waals surface area contributed by atoms with Crippen LogP contribution in [0.15, 0.2) is 180 Å². The molecule has 4 nitrogen and oxygen atoms in total. The van der Waals surface area contributed by atoms with E-state index in [9.17, 15) is 0 Å². The van der Waals surface area contributed by atoms with Gasteiger partial charge in [-0.2, -0.15) is 0 Å². The van der Waals surface area contributed by atoms with Gasteiger partial charge < -0.3 is 4.42 Å². The third-order valence-corrected chi connectivity index (χ3v) is 8.67. The van der Waals surface area contributed by atoms with Crippen molar-refractivity contribution >= 4 is 21.9 Å². The lowest BCUT2D eigenvalue weighted by atomic mass is 9.97. The van der Waals surface area contributed by atoms with Gasteiger partial charge in [-0.1, -0.05) is 158 Å². The molecule has 7 aromatic carbocycles. The first-order valence-electron chi connectivity index (χ1n) is 18.4. The van der Waals surface area contributed by atoms with E-state index in [1.165, 1.54) is 11.1 Å². The maximum Gasteiger partial charge on any atom is 0.164 e. The fourth-order valence-electron chi connectivity index (χ4n) is 6.22. The predicted octanol–water partition coefficient (Wildman–Crippen LogP) is 11.8. The molecule has 2 aromatic heterocycles. The highest BCUT2D eigenvalue weighted by molar-refractivity contribution is 6.12. The Labute approximate surface area is 291 Å². The Kier molecular flexibility index (Phi) is 5.87. The van der Waals surface area contributed by atoms with Crippen molar-refractivity contribution in [3.8, 4) is 67.5 Å². The summed E-state index contributed by atoms with van der Waals surface area (Å²) in [6, 6.07) is 46.4. The fourth-order valence-corrected chi connectivity index (χ4v) is 6.22. The summed E-state index contributed by atoms with van der Waals surface area (Å²) in [7, 11) is 0. The molecule has 0 radical (unpaired) electrons. The van der Waals surface area contributed by atoms with E-state index in [0.717, 1.165) is 33.0 Å². The Bertz CT molecular complexity index is 2830. The number of hydrogen-bond donors (Lipinski definition) is 0. The van der Waals surface area contributed by atoms with Crippen LogP contribution in [0.4, 0.5) is 0 Å². The summed E-state index contributed by atoms with van der Waals surface area (Å²) >= 11 is 0. The highest BCUT2D eigenvalue weighted by Gasteiger charge is 2.18. The van der Waals surface area contributed by atoms with Crippen molar-refractivity contribution in [3.63, 3.8) is 0 Å². The average Bonchev–Trinajstić information content (AvgIpc) is 3.61. The first kappa shape index (κ1) is 23.6. The van der Waals surface area contributed by atoms with Gasteiger partial charge in [-0.3, -0.25) is 0 Å². The molecule has 0 fully saturated rings. The summed E-state index contributed by atoms with van der Waals surface area (Å²) in [5, 5.41) is 1.66. The van der Waals surface area contributed by atoms with Crippen LogP contribution in [-0.2, 0) is 0 Å². The lowest BCUT2D eigenvalue weighted by molar-refractivity contribution is 0.669. The van der Waals surface area contributed by atoms with Crippen LogP contribution in [0.2, 0.25) is 0 Å². The largest absolute Gasteiger partial charge is 0.456 e. The Morgan fingerprint density at radius 1 is 0.388 bits per heavy atom. The van der Waals surface area contributed by atoms with E-state index in [1.807, 2.05) is 78.9 Å². The van der Waals surface area contributed by atoms with Crippen LogP contribution in [0.1, 0.15) is 6.85 Å². The summed E-state index contributed by atoms with van der Waals surface area (Å²) in [6.07, 6.45) is 0. The van der Waals surface area contributed by atoms with Crippen molar-refractivity contribution in [1.29, 1.82) is 0 Å². The molecule has 0 spiro atoms. The zero-order chi connectivity index (χ0) is 36.9. The molecule has 49 heavy (non-hydrogen) atoms. The zero-order valence-corrected chi connectivity index (χ0v) is 26.1. The molecule has 4 heteroatoms. The van der Waals surface area contributed by atoms with Gasteiger partial charge in [0.05, 0.1) is 6.85 Å². The molecule has 9 aromatic rings. The van der Waals surface area contributed by atoms with E-state index in [-0.39, 0.29) is 29.3 Å². The summed E-state index contributed by atoms with van der Waals surface area (Å²) in [5.74, 6) is 0.582. The Hall–Kier alpha value is -6.65. The molecule has 230 valence electrons. The van der Waals surface area contributed by atoms with Gasteiger partial charge in [0.25, 0.3) is 0 Å². The quantitative estimate of drug-likeness (QED) is 0.183. The summed E-state index contributed by atoms with van der Waals surface area (Å²) < 4.78 is 48.3. The van der Waals surface area contributed by atoms with E-state index in [4.69, 9.17) is 21.2 Å². The molecule has 0 N–H and O–H groups in total. The molecule has 0 unspecified atom stereocenters. The van der Waals surface area contributed by atoms with Crippen molar-refractivity contribution in [2.45, 2.75) is 0 Å². The minimum atomic E-state index is -0.481. The van der Waals surface area contributed by atoms with E-state index < -0.39 is 18.1 Å². The average molecular weight is 633 g/mol. The monoisotopic (exact) mass is 632 g/mol. The maximum absolute atomic E-state index is 8.63. The zero-order valence-electron chi connectivity index (χ0n) is 31.1. The van der Waals surface area contributed by atoms with Crippen LogP contribution in [0.5, 0.6) is 0 Å². The van der Waals surface area contributed by atoms with E-state index in [2.05, 4.69) is 71.7 Å². The van der Waals surface area contributed by atoms with Crippen LogP contribution in [0, 0.1) is 0 Å². The van der Waals surface area contributed by atoms with Gasteiger partial charge >= 0.3 is 0 Å². The van der Waals surface area contributed by atoms with Crippen molar-refractivity contribution in [3.05, 3.63) is 176 Å². The van der Waals surface area contributed by atoms with Crippen LogP contribution in [0.3, 0.4) is 0 Å². The molecule has 0 saturated carbocycles. The third-order valence-electron chi connectivity index (χ3n) is 8.67. The molecule has 0 atom stereocenters. The van der Waals surface area contributed by atoms with Gasteiger partial charge in [0.1, 0.15) is 11.2 Å². The molecule has 0 bridgehead atoms. The molecular formula is C45H29N3O. The maximum atomic E-state index is 8.63. The second-order valence-corrected chi connectivity index (χ2v) is 11.7. The Morgan fingerprint density at radius 2 is 0.898 bits per heavy atom. The number of rotatable bonds is 6. The van der Waals surface area contributed by atoms with E-state index in [0.29, 0.717) is 28.1 Å². The standard InChI is InChI=1S/C45H29N3O/c1-4-11-30(12-5-1)31-19-21-32(22-20-31)33-23-25-34(26-24-33)37-27-28-38-41(29-37)49-40-18-10-17-39(42(38)40)45-47-43(35-13-6-2-7-14-35)46-44(48-45)36-15-8-3-9-16-36/h1-29H/i2D,6D,7D,13D,14D. The summed E-state index contributed by atoms with van der Waals surface area (Å²) in [4.78, 5) is 14.3. The summed E-state index contributed by atoms with van der Waals surface area (Å²) in [5.41, 5.74) is 9.29. The lowest BCUT2D eigenvalue weighted by Gasteiger charge is -2.09. The minimum Gasteiger partial charge on any atom is -0.456 e. The number of aromatic nitrogens is 3. The third kappa shape index (κ3) is 5.45. The van der Waals surface area contributed by atoms with Crippen LogP contribution < -0.4 is 0 Å². The fraction of sp³-hybridized carbons (Fsp3) is 0. The van der Waals surface area contributed by atoms with Gasteiger partial charge in [-0.15, -0.1) is 0 Å². The molecular weight excluding hydrogens is 599 g/mol. The molecule has 0 aliphatic rings. The number of hydrogen-bond acceptors (Lipinski definition) is 4. The molecule has 0 amide bonds. The number of furan rings is 1. The molecule has 0 saturated heterocycles. The van der Waals surface area contributed by atoms with Crippen LogP contribution in [0.25, 0.3) is 89.5 Å². The molecule has 0 aliphatic heterocycles. The predicted molar refractivity (Wildman–Crippen MR) is 200 cm³/mol. The van der Waals surface area contributed by atoms with Gasteiger partial charge in [0.2, 0.25) is 0 Å². The summed E-state index contributed by atoms with van der Waals surface area (Å²) in [6.45, 7) is 0. The van der Waals surface area contributed by atoms with E-state index >= 15 is 0 Å².